The summed E-state index contributed by atoms with van der Waals surface area (Å²) in [4.78, 5) is 28.5. The van der Waals surface area contributed by atoms with Gasteiger partial charge in [0.15, 0.2) is 6.61 Å². The number of carbonyl (C=O) groups excluding carboxylic acids is 1. The maximum atomic E-state index is 11.8. The molecule has 0 unspecified atom stereocenters. The molecule has 6 nitrogen and oxygen atoms in total. The summed E-state index contributed by atoms with van der Waals surface area (Å²) in [7, 11) is 0. The number of aryl methyl sites for hydroxylation is 1. The minimum absolute atomic E-state index is 0.00633. The van der Waals surface area contributed by atoms with E-state index in [9.17, 15) is 9.59 Å². The second-order valence-corrected chi connectivity index (χ2v) is 5.66. The largest absolute Gasteiger partial charge is 0.484 e. The van der Waals surface area contributed by atoms with Crippen molar-refractivity contribution in [3.8, 4) is 5.75 Å². The third kappa shape index (κ3) is 4.04. The Labute approximate surface area is 138 Å². The number of imidazole rings is 1. The van der Waals surface area contributed by atoms with Gasteiger partial charge in [0.25, 0.3) is 5.91 Å². The number of benzene rings is 2. The van der Waals surface area contributed by atoms with Gasteiger partial charge in [0.05, 0.1) is 11.0 Å². The van der Waals surface area contributed by atoms with E-state index in [0.29, 0.717) is 18.7 Å². The highest BCUT2D eigenvalue weighted by molar-refractivity contribution is 5.77. The molecule has 3 N–H and O–H groups in total. The Morgan fingerprint density at radius 1 is 1.12 bits per heavy atom. The Kier molecular flexibility index (Phi) is 4.65. The predicted molar refractivity (Wildman–Crippen MR) is 92.3 cm³/mol. The van der Waals surface area contributed by atoms with Crippen LogP contribution in [-0.2, 0) is 11.2 Å². The number of H-pyrrole nitrogens is 2. The lowest BCUT2D eigenvalue weighted by Gasteiger charge is -2.08. The maximum Gasteiger partial charge on any atom is 0.323 e. The second-order valence-electron chi connectivity index (χ2n) is 5.66. The van der Waals surface area contributed by atoms with E-state index in [-0.39, 0.29) is 18.2 Å². The zero-order chi connectivity index (χ0) is 16.9. The van der Waals surface area contributed by atoms with Gasteiger partial charge >= 0.3 is 5.69 Å². The third-order valence-electron chi connectivity index (χ3n) is 3.68. The van der Waals surface area contributed by atoms with Crippen molar-refractivity contribution < 1.29 is 9.53 Å². The Balaban J connectivity index is 1.46. The molecule has 2 aromatic carbocycles. The first-order chi connectivity index (χ1) is 11.6. The number of rotatable bonds is 6. The van der Waals surface area contributed by atoms with E-state index in [2.05, 4.69) is 15.3 Å². The van der Waals surface area contributed by atoms with E-state index >= 15 is 0 Å². The first-order valence-corrected chi connectivity index (χ1v) is 7.77. The first-order valence-electron chi connectivity index (χ1n) is 7.77. The van der Waals surface area contributed by atoms with Crippen LogP contribution in [0.15, 0.2) is 47.3 Å². The van der Waals surface area contributed by atoms with E-state index in [1.165, 1.54) is 0 Å². The number of hydrogen-bond donors (Lipinski definition) is 3. The molecule has 1 amide bonds. The number of carbonyl (C=O) groups is 1. The van der Waals surface area contributed by atoms with Crippen LogP contribution in [0.2, 0.25) is 0 Å². The van der Waals surface area contributed by atoms with Crippen molar-refractivity contribution in [2.75, 3.05) is 13.2 Å². The van der Waals surface area contributed by atoms with Crippen LogP contribution in [0.1, 0.15) is 11.1 Å². The Morgan fingerprint density at radius 3 is 2.79 bits per heavy atom. The fourth-order valence-corrected chi connectivity index (χ4v) is 2.49. The molecule has 0 spiro atoms. The zero-order valence-corrected chi connectivity index (χ0v) is 13.4. The van der Waals surface area contributed by atoms with Crippen molar-refractivity contribution in [3.63, 3.8) is 0 Å². The molecular weight excluding hydrogens is 306 g/mol. The highest BCUT2D eigenvalue weighted by Crippen LogP contribution is 2.12. The minimum atomic E-state index is -0.219. The third-order valence-corrected chi connectivity index (χ3v) is 3.68. The van der Waals surface area contributed by atoms with Gasteiger partial charge in [-0.05, 0) is 48.7 Å². The Bertz CT molecular complexity index is 911. The normalized spacial score (nSPS) is 10.7. The molecule has 0 atom stereocenters. The van der Waals surface area contributed by atoms with Crippen LogP contribution >= 0.6 is 0 Å². The van der Waals surface area contributed by atoms with Gasteiger partial charge in [-0.1, -0.05) is 18.2 Å². The van der Waals surface area contributed by atoms with Crippen LogP contribution in [-0.4, -0.2) is 29.0 Å². The molecule has 0 saturated heterocycles. The molecule has 0 aliphatic carbocycles. The number of aromatic nitrogens is 2. The van der Waals surface area contributed by atoms with Crippen LogP contribution in [0.4, 0.5) is 0 Å². The molecule has 3 aromatic rings. The zero-order valence-electron chi connectivity index (χ0n) is 13.4. The second kappa shape index (κ2) is 7.04. The van der Waals surface area contributed by atoms with E-state index in [1.54, 1.807) is 0 Å². The molecule has 24 heavy (non-hydrogen) atoms. The number of ether oxygens (including phenoxy) is 1. The summed E-state index contributed by atoms with van der Waals surface area (Å²) in [6.45, 7) is 2.48. The molecule has 0 aliphatic rings. The van der Waals surface area contributed by atoms with Gasteiger partial charge < -0.3 is 20.0 Å². The van der Waals surface area contributed by atoms with Crippen molar-refractivity contribution in [1.82, 2.24) is 15.3 Å². The van der Waals surface area contributed by atoms with E-state index in [4.69, 9.17) is 4.74 Å². The number of amides is 1. The highest BCUT2D eigenvalue weighted by atomic mass is 16.5. The van der Waals surface area contributed by atoms with Gasteiger partial charge in [0.2, 0.25) is 0 Å². The topological polar surface area (TPSA) is 87.0 Å². The smallest absolute Gasteiger partial charge is 0.323 e. The van der Waals surface area contributed by atoms with Crippen molar-refractivity contribution in [3.05, 3.63) is 64.1 Å². The molecule has 124 valence electrons. The monoisotopic (exact) mass is 325 g/mol. The SMILES string of the molecule is Cc1cccc(OCC(=O)NCCc2ccc3[nH]c(=O)[nH]c3c2)c1. The quantitative estimate of drug-likeness (QED) is 0.647. The lowest BCUT2D eigenvalue weighted by Crippen LogP contribution is -2.30. The summed E-state index contributed by atoms with van der Waals surface area (Å²) >= 11 is 0. The van der Waals surface area contributed by atoms with Gasteiger partial charge in [-0.25, -0.2) is 4.79 Å². The molecule has 0 saturated carbocycles. The highest BCUT2D eigenvalue weighted by Gasteiger charge is 2.04. The maximum absolute atomic E-state index is 11.8. The number of fused-ring (bicyclic) bond motifs is 1. The molecule has 1 aromatic heterocycles. The fourth-order valence-electron chi connectivity index (χ4n) is 2.49. The van der Waals surface area contributed by atoms with E-state index < -0.39 is 0 Å². The molecule has 0 radical (unpaired) electrons. The van der Waals surface area contributed by atoms with Gasteiger partial charge in [-0.3, -0.25) is 4.79 Å². The van der Waals surface area contributed by atoms with E-state index in [0.717, 1.165) is 22.2 Å². The Morgan fingerprint density at radius 2 is 1.96 bits per heavy atom. The summed E-state index contributed by atoms with van der Waals surface area (Å²) in [6.07, 6.45) is 0.680. The lowest BCUT2D eigenvalue weighted by atomic mass is 10.1. The van der Waals surface area contributed by atoms with Crippen molar-refractivity contribution >= 4 is 16.9 Å². The average molecular weight is 325 g/mol. The van der Waals surface area contributed by atoms with Crippen molar-refractivity contribution in [1.29, 1.82) is 0 Å². The standard InChI is InChI=1S/C18H19N3O3/c1-12-3-2-4-14(9-12)24-11-17(22)19-8-7-13-5-6-15-16(10-13)21-18(23)20-15/h2-6,9-10H,7-8,11H2,1H3,(H,19,22)(H2,20,21,23). The molecule has 0 fully saturated rings. The van der Waals surface area contributed by atoms with Crippen LogP contribution in [0.25, 0.3) is 11.0 Å². The summed E-state index contributed by atoms with van der Waals surface area (Å²) in [5.74, 6) is 0.527. The first kappa shape index (κ1) is 15.9. The van der Waals surface area contributed by atoms with Crippen LogP contribution in [0.3, 0.4) is 0 Å². The van der Waals surface area contributed by atoms with Crippen molar-refractivity contribution in [2.45, 2.75) is 13.3 Å². The summed E-state index contributed by atoms with van der Waals surface area (Å²) in [5.41, 5.74) is 3.46. The van der Waals surface area contributed by atoms with Gasteiger partial charge in [0.1, 0.15) is 5.75 Å². The fraction of sp³-hybridized carbons (Fsp3) is 0.222. The number of aromatic amines is 2. The number of nitrogens with one attached hydrogen (secondary N) is 3. The molecule has 0 aliphatic heterocycles. The predicted octanol–water partition coefficient (Wildman–Crippen LogP) is 1.90. The molecule has 0 bridgehead atoms. The van der Waals surface area contributed by atoms with Gasteiger partial charge in [-0.15, -0.1) is 0 Å². The van der Waals surface area contributed by atoms with Gasteiger partial charge in [-0.2, -0.15) is 0 Å². The minimum Gasteiger partial charge on any atom is -0.484 e. The van der Waals surface area contributed by atoms with Gasteiger partial charge in [0, 0.05) is 6.54 Å². The van der Waals surface area contributed by atoms with Crippen molar-refractivity contribution in [2.24, 2.45) is 0 Å². The Hall–Kier alpha value is -3.02. The molecular formula is C18H19N3O3. The molecule has 3 rings (SSSR count). The summed E-state index contributed by atoms with van der Waals surface area (Å²) in [5, 5.41) is 2.83. The van der Waals surface area contributed by atoms with Crippen LogP contribution in [0.5, 0.6) is 5.75 Å². The van der Waals surface area contributed by atoms with E-state index in [1.807, 2.05) is 49.4 Å². The lowest BCUT2D eigenvalue weighted by molar-refractivity contribution is -0.123. The summed E-state index contributed by atoms with van der Waals surface area (Å²) in [6, 6.07) is 13.3. The summed E-state index contributed by atoms with van der Waals surface area (Å²) < 4.78 is 5.46. The molecule has 6 heteroatoms. The number of hydrogen-bond acceptors (Lipinski definition) is 3. The average Bonchev–Trinajstić information content (AvgIpc) is 2.92. The van der Waals surface area contributed by atoms with Crippen LogP contribution < -0.4 is 15.7 Å². The van der Waals surface area contributed by atoms with Crippen LogP contribution in [0, 0.1) is 6.92 Å². The molecule has 1 heterocycles.